The Hall–Kier alpha value is -0.580. The highest BCUT2D eigenvalue weighted by Crippen LogP contribution is 2.29. The maximum atomic E-state index is 6.11. The highest BCUT2D eigenvalue weighted by atomic mass is 79.9. The van der Waals surface area contributed by atoms with Crippen molar-refractivity contribution in [3.8, 4) is 11.4 Å². The Kier molecular flexibility index (Phi) is 3.52. The predicted octanol–water partition coefficient (Wildman–Crippen LogP) is 3.68. The van der Waals surface area contributed by atoms with Gasteiger partial charge < -0.3 is 4.57 Å². The SMILES string of the molecule is Cn1c(CBr)nnc1-c1ccc(Cl)cc1Cl. The van der Waals surface area contributed by atoms with E-state index in [0.29, 0.717) is 15.4 Å². The standard InChI is InChI=1S/C10H8BrCl2N3/c1-16-9(5-11)14-15-10(16)7-3-2-6(12)4-8(7)13/h2-4H,5H2,1H3. The van der Waals surface area contributed by atoms with E-state index in [-0.39, 0.29) is 0 Å². The Balaban J connectivity index is 2.54. The van der Waals surface area contributed by atoms with Crippen molar-refractivity contribution in [1.29, 1.82) is 0 Å². The Morgan fingerprint density at radius 1 is 1.31 bits per heavy atom. The van der Waals surface area contributed by atoms with Crippen LogP contribution in [0.1, 0.15) is 5.82 Å². The van der Waals surface area contributed by atoms with Gasteiger partial charge in [0.05, 0.1) is 10.4 Å². The summed E-state index contributed by atoms with van der Waals surface area (Å²) in [5.41, 5.74) is 0.827. The van der Waals surface area contributed by atoms with Gasteiger partial charge in [-0.1, -0.05) is 39.1 Å². The van der Waals surface area contributed by atoms with E-state index < -0.39 is 0 Å². The van der Waals surface area contributed by atoms with Crippen molar-refractivity contribution in [2.24, 2.45) is 7.05 Å². The summed E-state index contributed by atoms with van der Waals surface area (Å²) in [6.45, 7) is 0. The molecule has 1 heterocycles. The van der Waals surface area contributed by atoms with Gasteiger partial charge in [0.1, 0.15) is 5.82 Å². The number of aromatic nitrogens is 3. The maximum Gasteiger partial charge on any atom is 0.165 e. The third-order valence-electron chi connectivity index (χ3n) is 2.26. The molecule has 0 amide bonds. The van der Waals surface area contributed by atoms with E-state index in [1.54, 1.807) is 12.1 Å². The Morgan fingerprint density at radius 3 is 2.62 bits per heavy atom. The number of hydrogen-bond acceptors (Lipinski definition) is 2. The first kappa shape index (κ1) is 11.9. The fraction of sp³-hybridized carbons (Fsp3) is 0.200. The largest absolute Gasteiger partial charge is 0.313 e. The lowest BCUT2D eigenvalue weighted by molar-refractivity contribution is 0.859. The number of nitrogens with zero attached hydrogens (tertiary/aromatic N) is 3. The van der Waals surface area contributed by atoms with Gasteiger partial charge in [-0.15, -0.1) is 10.2 Å². The van der Waals surface area contributed by atoms with Crippen molar-refractivity contribution >= 4 is 39.1 Å². The van der Waals surface area contributed by atoms with Crippen molar-refractivity contribution < 1.29 is 0 Å². The topological polar surface area (TPSA) is 30.7 Å². The van der Waals surface area contributed by atoms with Crippen LogP contribution in [0.25, 0.3) is 11.4 Å². The molecule has 2 aromatic rings. The second kappa shape index (κ2) is 4.73. The molecule has 0 saturated carbocycles. The van der Waals surface area contributed by atoms with E-state index >= 15 is 0 Å². The van der Waals surface area contributed by atoms with E-state index in [0.717, 1.165) is 17.2 Å². The molecule has 0 fully saturated rings. The summed E-state index contributed by atoms with van der Waals surface area (Å²) in [7, 11) is 1.90. The molecular weight excluding hydrogens is 313 g/mol. The molecule has 0 spiro atoms. The normalized spacial score (nSPS) is 10.8. The summed E-state index contributed by atoms with van der Waals surface area (Å²) in [6, 6.07) is 5.32. The van der Waals surface area contributed by atoms with Crippen molar-refractivity contribution in [2.75, 3.05) is 0 Å². The predicted molar refractivity (Wildman–Crippen MR) is 69.1 cm³/mol. The Bertz CT molecular complexity index is 525. The Labute approximate surface area is 112 Å². The molecule has 0 N–H and O–H groups in total. The summed E-state index contributed by atoms with van der Waals surface area (Å²) in [5, 5.41) is 9.99. The number of hydrogen-bond donors (Lipinski definition) is 0. The van der Waals surface area contributed by atoms with Crippen molar-refractivity contribution in [2.45, 2.75) is 5.33 Å². The van der Waals surface area contributed by atoms with Gasteiger partial charge in [0.25, 0.3) is 0 Å². The third-order valence-corrected chi connectivity index (χ3v) is 3.31. The zero-order chi connectivity index (χ0) is 11.7. The van der Waals surface area contributed by atoms with Gasteiger partial charge >= 0.3 is 0 Å². The average Bonchev–Trinajstić information content (AvgIpc) is 2.60. The van der Waals surface area contributed by atoms with Crippen LogP contribution in [0.15, 0.2) is 18.2 Å². The molecule has 16 heavy (non-hydrogen) atoms. The summed E-state index contributed by atoms with van der Waals surface area (Å²) in [6.07, 6.45) is 0. The molecule has 0 bridgehead atoms. The highest BCUT2D eigenvalue weighted by molar-refractivity contribution is 9.08. The van der Waals surface area contributed by atoms with Gasteiger partial charge in [-0.3, -0.25) is 0 Å². The minimum atomic E-state index is 0.573. The van der Waals surface area contributed by atoms with Crippen molar-refractivity contribution in [3.63, 3.8) is 0 Å². The number of benzene rings is 1. The van der Waals surface area contributed by atoms with Gasteiger partial charge in [0, 0.05) is 17.6 Å². The van der Waals surface area contributed by atoms with Crippen LogP contribution in [0.4, 0.5) is 0 Å². The lowest BCUT2D eigenvalue weighted by Gasteiger charge is -2.04. The van der Waals surface area contributed by atoms with Crippen LogP contribution in [0, 0.1) is 0 Å². The molecule has 2 rings (SSSR count). The molecule has 0 unspecified atom stereocenters. The minimum absolute atomic E-state index is 0.573. The lowest BCUT2D eigenvalue weighted by atomic mass is 10.2. The summed E-state index contributed by atoms with van der Waals surface area (Å²) < 4.78 is 1.89. The molecule has 1 aromatic carbocycles. The summed E-state index contributed by atoms with van der Waals surface area (Å²) in [4.78, 5) is 0. The average molecular weight is 321 g/mol. The van der Waals surface area contributed by atoms with Gasteiger partial charge in [-0.05, 0) is 18.2 Å². The van der Waals surface area contributed by atoms with E-state index in [2.05, 4.69) is 26.1 Å². The third kappa shape index (κ3) is 2.10. The van der Waals surface area contributed by atoms with Gasteiger partial charge in [-0.25, -0.2) is 0 Å². The minimum Gasteiger partial charge on any atom is -0.313 e. The monoisotopic (exact) mass is 319 g/mol. The Morgan fingerprint density at radius 2 is 2.06 bits per heavy atom. The first-order valence-corrected chi connectivity index (χ1v) is 6.41. The van der Waals surface area contributed by atoms with E-state index in [4.69, 9.17) is 23.2 Å². The molecule has 84 valence electrons. The smallest absolute Gasteiger partial charge is 0.165 e. The van der Waals surface area contributed by atoms with Crippen molar-refractivity contribution in [1.82, 2.24) is 14.8 Å². The van der Waals surface area contributed by atoms with Crippen LogP contribution >= 0.6 is 39.1 Å². The number of halogens is 3. The highest BCUT2D eigenvalue weighted by Gasteiger charge is 2.12. The molecule has 1 aromatic heterocycles. The molecule has 0 aliphatic carbocycles. The van der Waals surface area contributed by atoms with E-state index in [1.807, 2.05) is 17.7 Å². The molecule has 0 atom stereocenters. The molecule has 6 heteroatoms. The maximum absolute atomic E-state index is 6.11. The summed E-state index contributed by atoms with van der Waals surface area (Å²) >= 11 is 15.3. The molecule has 3 nitrogen and oxygen atoms in total. The lowest BCUT2D eigenvalue weighted by Crippen LogP contribution is -1.97. The zero-order valence-electron chi connectivity index (χ0n) is 8.41. The fourth-order valence-electron chi connectivity index (χ4n) is 1.38. The first-order chi connectivity index (χ1) is 7.63. The number of rotatable bonds is 2. The van der Waals surface area contributed by atoms with Crippen LogP contribution in [0.5, 0.6) is 0 Å². The van der Waals surface area contributed by atoms with Gasteiger partial charge in [0.15, 0.2) is 5.82 Å². The second-order valence-corrected chi connectivity index (χ2v) is 4.66. The first-order valence-electron chi connectivity index (χ1n) is 4.53. The fourth-order valence-corrected chi connectivity index (χ4v) is 2.36. The van der Waals surface area contributed by atoms with Crippen LogP contribution in [-0.4, -0.2) is 14.8 Å². The van der Waals surface area contributed by atoms with Crippen LogP contribution < -0.4 is 0 Å². The van der Waals surface area contributed by atoms with Crippen LogP contribution in [0.3, 0.4) is 0 Å². The van der Waals surface area contributed by atoms with Crippen LogP contribution in [-0.2, 0) is 12.4 Å². The molecule has 0 aliphatic rings. The van der Waals surface area contributed by atoms with Crippen LogP contribution in [0.2, 0.25) is 10.0 Å². The molecule has 0 saturated heterocycles. The van der Waals surface area contributed by atoms with Crippen molar-refractivity contribution in [3.05, 3.63) is 34.1 Å². The van der Waals surface area contributed by atoms with Gasteiger partial charge in [0.2, 0.25) is 0 Å². The van der Waals surface area contributed by atoms with E-state index in [1.165, 1.54) is 0 Å². The molecule has 0 radical (unpaired) electrons. The number of alkyl halides is 1. The second-order valence-electron chi connectivity index (χ2n) is 3.26. The molecule has 0 aliphatic heterocycles. The van der Waals surface area contributed by atoms with Gasteiger partial charge in [-0.2, -0.15) is 0 Å². The van der Waals surface area contributed by atoms with E-state index in [9.17, 15) is 0 Å². The zero-order valence-corrected chi connectivity index (χ0v) is 11.5. The quantitative estimate of drug-likeness (QED) is 0.790. The summed E-state index contributed by atoms with van der Waals surface area (Å²) in [5.74, 6) is 1.58. The molecular formula is C10H8BrCl2N3.